The van der Waals surface area contributed by atoms with Crippen molar-refractivity contribution in [3.63, 3.8) is 0 Å². The van der Waals surface area contributed by atoms with E-state index in [0.717, 1.165) is 21.6 Å². The SMILES string of the molecule is C[C@@H]1NC(=O)CNC(=O)[C@H](CSSC[C@@H]2NC(=O)[C@H](Cc3ccccc3)NC(=O)CNC(=O)[C@H](CCCN=C(N)N)NC(=O)[C@H](C)NC(=O)CNC2=O)NC(=O)[C@H](Cc2ccccc2)NC(=O)CNC(=O)[C@H](CCCN=C(N)N)NC1=O. The van der Waals surface area contributed by atoms with Crippen LogP contribution in [0.3, 0.4) is 0 Å². The molecule has 0 aliphatic carbocycles. The number of amides is 12. The molecule has 20 N–H and O–H groups in total. The highest BCUT2D eigenvalue weighted by Gasteiger charge is 2.33. The van der Waals surface area contributed by atoms with Crippen molar-refractivity contribution < 1.29 is 57.5 Å². The lowest BCUT2D eigenvalue weighted by Crippen LogP contribution is -2.58. The number of hydrogen-bond acceptors (Lipinski definition) is 16. The van der Waals surface area contributed by atoms with Crippen molar-refractivity contribution in [2.45, 2.75) is 101 Å². The maximum atomic E-state index is 14.2. The highest BCUT2D eigenvalue weighted by molar-refractivity contribution is 8.76. The van der Waals surface area contributed by atoms with Crippen molar-refractivity contribution in [3.8, 4) is 0 Å². The van der Waals surface area contributed by atoms with Crippen LogP contribution in [0, 0.1) is 0 Å². The fourth-order valence-corrected chi connectivity index (χ4v) is 10.1. The zero-order valence-electron chi connectivity index (χ0n) is 45.2. The van der Waals surface area contributed by atoms with Crippen LogP contribution in [0.2, 0.25) is 0 Å². The lowest BCUT2D eigenvalue weighted by molar-refractivity contribution is -0.134. The third-order valence-electron chi connectivity index (χ3n) is 12.1. The summed E-state index contributed by atoms with van der Waals surface area (Å²) in [5.41, 5.74) is 22.8. The van der Waals surface area contributed by atoms with Crippen molar-refractivity contribution in [3.05, 3.63) is 71.8 Å². The molecule has 4 rings (SSSR count). The van der Waals surface area contributed by atoms with Gasteiger partial charge in [0.05, 0.1) is 26.2 Å². The zero-order chi connectivity index (χ0) is 60.1. The lowest BCUT2D eigenvalue weighted by Gasteiger charge is -2.25. The molecule has 0 radical (unpaired) electrons. The Morgan fingerprint density at radius 1 is 0.402 bits per heavy atom. The monoisotopic (exact) mass is 1180 g/mol. The van der Waals surface area contributed by atoms with Gasteiger partial charge in [0.2, 0.25) is 70.9 Å². The maximum absolute atomic E-state index is 14.2. The molecule has 0 bridgehead atoms. The number of rotatable bonds is 17. The average molecular weight is 1180 g/mol. The van der Waals surface area contributed by atoms with Crippen molar-refractivity contribution in [2.75, 3.05) is 50.8 Å². The standard InChI is InChI=1S/C50H72N18O12S2/c1-27-41(73)65-31(15-9-17-55-49(51)52)43(75)57-23-39(71)63-33(19-29-11-5-3-6-12-29)47(79)67-35(45(77)59-21-37(69)61-27)25-81-82-26-36-46(78)60-22-38(70)62-28(2)42(74)66-32(16-10-18-56-50(53)54)44(76)58-24-40(72)64-34(48(80)68-36)20-30-13-7-4-8-14-30/h3-8,11-14,27-28,31-36H,9-10,15-26H2,1-2H3,(H,57,75)(H,58,76)(H,59,77)(H,60,78)(H,61,69)(H,62,70)(H,63,71)(H,64,72)(H,65,73)(H,66,74)(H,67,79)(H,68,80)(H4,51,52,55)(H4,53,54,56)/t27-,28-,31-,32-,33-,34-,35-,36-/m0/s1. The maximum Gasteiger partial charge on any atom is 0.243 e. The van der Waals surface area contributed by atoms with Crippen molar-refractivity contribution >= 4 is 104 Å². The summed E-state index contributed by atoms with van der Waals surface area (Å²) >= 11 is 0. The summed E-state index contributed by atoms with van der Waals surface area (Å²) in [6, 6.07) is 6.64. The third kappa shape index (κ3) is 24.4. The lowest BCUT2D eigenvalue weighted by atomic mass is 10.0. The highest BCUT2D eigenvalue weighted by Crippen LogP contribution is 2.24. The van der Waals surface area contributed by atoms with Gasteiger partial charge in [-0.25, -0.2) is 0 Å². The number of carbonyl (C=O) groups excluding carboxylic acids is 12. The van der Waals surface area contributed by atoms with Gasteiger partial charge in [-0.15, -0.1) is 0 Å². The second-order valence-corrected chi connectivity index (χ2v) is 21.3. The van der Waals surface area contributed by atoms with Gasteiger partial charge in [0.15, 0.2) is 11.9 Å². The summed E-state index contributed by atoms with van der Waals surface area (Å²) in [4.78, 5) is 171. The van der Waals surface area contributed by atoms with Gasteiger partial charge in [-0.05, 0) is 50.7 Å². The molecule has 0 spiro atoms. The Labute approximate surface area is 480 Å². The van der Waals surface area contributed by atoms with E-state index in [1.807, 2.05) is 0 Å². The quantitative estimate of drug-likeness (QED) is 0.0303. The fraction of sp³-hybridized carbons (Fsp3) is 0.480. The van der Waals surface area contributed by atoms with Crippen LogP contribution >= 0.6 is 21.6 Å². The Morgan fingerprint density at radius 3 is 1.04 bits per heavy atom. The van der Waals surface area contributed by atoms with E-state index in [2.05, 4.69) is 73.8 Å². The van der Waals surface area contributed by atoms with Gasteiger partial charge in [-0.2, -0.15) is 0 Å². The first-order valence-corrected chi connectivity index (χ1v) is 28.5. The summed E-state index contributed by atoms with van der Waals surface area (Å²) < 4.78 is 0. The van der Waals surface area contributed by atoms with Crippen LogP contribution in [-0.4, -0.2) is 182 Å². The first-order chi connectivity index (χ1) is 39.1. The van der Waals surface area contributed by atoms with Crippen LogP contribution in [-0.2, 0) is 70.4 Å². The third-order valence-corrected chi connectivity index (χ3v) is 14.5. The Kier molecular flexibility index (Phi) is 27.7. The number of hydrogen-bond donors (Lipinski definition) is 16. The minimum atomic E-state index is -1.45. The van der Waals surface area contributed by atoms with Gasteiger partial charge >= 0.3 is 0 Å². The molecule has 82 heavy (non-hydrogen) atoms. The molecule has 446 valence electrons. The molecule has 2 aliphatic rings. The Hall–Kier alpha value is -8.68. The molecule has 2 aromatic rings. The van der Waals surface area contributed by atoms with Crippen LogP contribution in [0.15, 0.2) is 70.6 Å². The van der Waals surface area contributed by atoms with E-state index in [1.165, 1.54) is 13.8 Å². The molecule has 0 aromatic heterocycles. The molecule has 0 unspecified atom stereocenters. The largest absolute Gasteiger partial charge is 0.370 e. The zero-order valence-corrected chi connectivity index (χ0v) is 46.8. The van der Waals surface area contributed by atoms with Gasteiger partial charge in [0.1, 0.15) is 48.3 Å². The highest BCUT2D eigenvalue weighted by atomic mass is 33.1. The Morgan fingerprint density at radius 2 is 0.707 bits per heavy atom. The Balaban J connectivity index is 1.58. The van der Waals surface area contributed by atoms with Crippen molar-refractivity contribution in [2.24, 2.45) is 32.9 Å². The summed E-state index contributed by atoms with van der Waals surface area (Å²) in [6.07, 6.45) is 0.340. The average Bonchev–Trinajstić information content (AvgIpc) is 3.59. The van der Waals surface area contributed by atoms with E-state index in [4.69, 9.17) is 22.9 Å². The summed E-state index contributed by atoms with van der Waals surface area (Å²) in [7, 11) is 1.88. The van der Waals surface area contributed by atoms with Gasteiger partial charge < -0.3 is 86.7 Å². The predicted molar refractivity (Wildman–Crippen MR) is 304 cm³/mol. The molecule has 30 nitrogen and oxygen atoms in total. The normalized spacial score (nSPS) is 23.6. The van der Waals surface area contributed by atoms with Crippen molar-refractivity contribution in [1.82, 2.24) is 63.8 Å². The second-order valence-electron chi connectivity index (χ2n) is 18.8. The topological polar surface area (TPSA) is 478 Å². The molecule has 8 atom stereocenters. The van der Waals surface area contributed by atoms with Gasteiger partial charge in [-0.3, -0.25) is 67.5 Å². The first kappa shape index (κ1) is 65.8. The smallest absolute Gasteiger partial charge is 0.243 e. The molecule has 2 fully saturated rings. The molecule has 0 saturated carbocycles. The second kappa shape index (κ2) is 34.5. The summed E-state index contributed by atoms with van der Waals surface area (Å²) in [6.45, 7) is 0.234. The van der Waals surface area contributed by atoms with E-state index in [0.29, 0.717) is 11.1 Å². The first-order valence-electron chi connectivity index (χ1n) is 26.0. The molecule has 2 aliphatic heterocycles. The number of benzene rings is 2. The van der Waals surface area contributed by atoms with E-state index >= 15 is 0 Å². The molecule has 2 heterocycles. The molecule has 2 aromatic carbocycles. The van der Waals surface area contributed by atoms with Crippen LogP contribution in [0.25, 0.3) is 0 Å². The van der Waals surface area contributed by atoms with E-state index in [9.17, 15) is 57.5 Å². The van der Waals surface area contributed by atoms with Crippen LogP contribution in [0.4, 0.5) is 0 Å². The minimum Gasteiger partial charge on any atom is -0.370 e. The molecule has 12 amide bonds. The fourth-order valence-electron chi connectivity index (χ4n) is 7.77. The number of nitrogens with one attached hydrogen (secondary N) is 12. The number of nitrogens with zero attached hydrogens (tertiary/aromatic N) is 2. The summed E-state index contributed by atoms with van der Waals surface area (Å²) in [5.74, 6) is -10.7. The van der Waals surface area contributed by atoms with Crippen LogP contribution < -0.4 is 86.7 Å². The van der Waals surface area contributed by atoms with Gasteiger partial charge in [-0.1, -0.05) is 82.3 Å². The van der Waals surface area contributed by atoms with E-state index in [1.54, 1.807) is 60.7 Å². The number of aliphatic imine (C=N–C) groups is 2. The van der Waals surface area contributed by atoms with E-state index < -0.39 is 145 Å². The summed E-state index contributed by atoms with van der Waals surface area (Å²) in [5, 5.41) is 30.2. The molecule has 2 saturated heterocycles. The van der Waals surface area contributed by atoms with Crippen molar-refractivity contribution in [1.29, 1.82) is 0 Å². The minimum absolute atomic E-state index is 0.0250. The van der Waals surface area contributed by atoms with E-state index in [-0.39, 0.29) is 75.0 Å². The number of guanidine groups is 2. The molecular weight excluding hydrogens is 1110 g/mol. The number of nitrogens with two attached hydrogens (primary N) is 4. The van der Waals surface area contributed by atoms with Crippen LogP contribution in [0.5, 0.6) is 0 Å². The van der Waals surface area contributed by atoms with Gasteiger partial charge in [0.25, 0.3) is 0 Å². The van der Waals surface area contributed by atoms with Crippen LogP contribution in [0.1, 0.15) is 50.7 Å². The van der Waals surface area contributed by atoms with Gasteiger partial charge in [0, 0.05) is 37.4 Å². The molecule has 32 heteroatoms. The Bertz CT molecular complexity index is 2470. The number of carbonyl (C=O) groups is 12. The predicted octanol–water partition coefficient (Wildman–Crippen LogP) is -6.63. The molecular formula is C50H72N18O12S2.